The van der Waals surface area contributed by atoms with Crippen molar-refractivity contribution < 1.29 is 0 Å². The fraction of sp³-hybridized carbons (Fsp3) is 0.727. The van der Waals surface area contributed by atoms with Gasteiger partial charge in [-0.25, -0.2) is 4.98 Å². The first-order valence-electron chi connectivity index (χ1n) is 5.53. The summed E-state index contributed by atoms with van der Waals surface area (Å²) in [5.41, 5.74) is 0. The Bertz CT molecular complexity index is 273. The molecule has 0 saturated heterocycles. The molecule has 0 bridgehead atoms. The Morgan fingerprint density at radius 1 is 1.60 bits per heavy atom. The number of hydrogen-bond acceptors (Lipinski definition) is 2. The van der Waals surface area contributed by atoms with Gasteiger partial charge in [-0.2, -0.15) is 0 Å². The van der Waals surface area contributed by atoms with E-state index in [1.54, 1.807) is 0 Å². The molecule has 0 spiro atoms. The zero-order valence-electron chi connectivity index (χ0n) is 9.54. The van der Waals surface area contributed by atoms with Crippen molar-refractivity contribution in [3.8, 4) is 0 Å². The molecule has 15 heavy (non-hydrogen) atoms. The molecule has 0 aliphatic rings. The van der Waals surface area contributed by atoms with E-state index in [1.807, 2.05) is 19.4 Å². The molecule has 1 aromatic rings. The Morgan fingerprint density at radius 2 is 2.40 bits per heavy atom. The number of nitrogens with zero attached hydrogens (tertiary/aromatic N) is 2. The molecule has 4 heteroatoms. The quantitative estimate of drug-likeness (QED) is 0.772. The Labute approximate surface area is 100 Å². The van der Waals surface area contributed by atoms with Crippen LogP contribution in [0, 0.1) is 0 Å². The van der Waals surface area contributed by atoms with Crippen molar-refractivity contribution in [2.24, 2.45) is 7.05 Å². The van der Waals surface area contributed by atoms with Crippen LogP contribution >= 0.6 is 15.9 Å². The van der Waals surface area contributed by atoms with Gasteiger partial charge in [-0.05, 0) is 12.8 Å². The highest BCUT2D eigenvalue weighted by Crippen LogP contribution is 2.01. The van der Waals surface area contributed by atoms with Crippen LogP contribution in [0.2, 0.25) is 0 Å². The largest absolute Gasteiger partial charge is 0.338 e. The van der Waals surface area contributed by atoms with E-state index in [0.29, 0.717) is 6.04 Å². The Kier molecular flexibility index (Phi) is 5.95. The first-order chi connectivity index (χ1) is 7.27. The summed E-state index contributed by atoms with van der Waals surface area (Å²) in [6.45, 7) is 3.23. The lowest BCUT2D eigenvalue weighted by molar-refractivity contribution is 0.487. The van der Waals surface area contributed by atoms with E-state index in [4.69, 9.17) is 0 Å². The summed E-state index contributed by atoms with van der Waals surface area (Å²) in [5.74, 6) is 1.15. The lowest BCUT2D eigenvalue weighted by Crippen LogP contribution is -2.31. The highest BCUT2D eigenvalue weighted by Gasteiger charge is 2.04. The summed E-state index contributed by atoms with van der Waals surface area (Å²) in [6, 6.07) is 0.629. The van der Waals surface area contributed by atoms with E-state index >= 15 is 0 Å². The van der Waals surface area contributed by atoms with Crippen LogP contribution in [0.4, 0.5) is 0 Å². The normalized spacial score (nSPS) is 13.0. The van der Waals surface area contributed by atoms with Gasteiger partial charge in [-0.3, -0.25) is 0 Å². The lowest BCUT2D eigenvalue weighted by atomic mass is 10.2. The van der Waals surface area contributed by atoms with Gasteiger partial charge in [0.25, 0.3) is 0 Å². The minimum absolute atomic E-state index is 0.629. The second kappa shape index (κ2) is 7.01. The van der Waals surface area contributed by atoms with Crippen molar-refractivity contribution in [2.75, 3.05) is 11.9 Å². The van der Waals surface area contributed by atoms with Gasteiger partial charge >= 0.3 is 0 Å². The number of aromatic nitrogens is 2. The number of nitrogens with one attached hydrogen (secondary N) is 1. The van der Waals surface area contributed by atoms with Crippen LogP contribution in [0.3, 0.4) is 0 Å². The molecule has 0 aliphatic heterocycles. The summed E-state index contributed by atoms with van der Waals surface area (Å²) < 4.78 is 2.08. The maximum absolute atomic E-state index is 4.30. The second-order valence-corrected chi connectivity index (χ2v) is 4.53. The van der Waals surface area contributed by atoms with Crippen molar-refractivity contribution in [1.29, 1.82) is 0 Å². The predicted octanol–water partition coefficient (Wildman–Crippen LogP) is 2.12. The lowest BCUT2D eigenvalue weighted by Gasteiger charge is -2.15. The maximum atomic E-state index is 4.30. The van der Waals surface area contributed by atoms with Crippen LogP contribution < -0.4 is 5.32 Å². The van der Waals surface area contributed by atoms with Gasteiger partial charge in [-0.15, -0.1) is 0 Å². The van der Waals surface area contributed by atoms with Crippen molar-refractivity contribution in [3.63, 3.8) is 0 Å². The molecular formula is C11H20BrN3. The number of imidazole rings is 1. The third kappa shape index (κ3) is 4.34. The number of rotatable bonds is 7. The molecule has 3 nitrogen and oxygen atoms in total. The number of halogens is 1. The Hall–Kier alpha value is -0.350. The molecule has 1 aromatic heterocycles. The number of hydrogen-bond donors (Lipinski definition) is 1. The molecule has 0 radical (unpaired) electrons. The van der Waals surface area contributed by atoms with Crippen LogP contribution in [-0.4, -0.2) is 27.5 Å². The van der Waals surface area contributed by atoms with E-state index in [-0.39, 0.29) is 0 Å². The summed E-state index contributed by atoms with van der Waals surface area (Å²) in [5, 5.41) is 4.62. The average Bonchev–Trinajstić information content (AvgIpc) is 2.63. The van der Waals surface area contributed by atoms with E-state index in [1.165, 1.54) is 12.8 Å². The van der Waals surface area contributed by atoms with Crippen molar-refractivity contribution in [2.45, 2.75) is 32.2 Å². The van der Waals surface area contributed by atoms with Crippen LogP contribution in [0.5, 0.6) is 0 Å². The second-order valence-electron chi connectivity index (χ2n) is 3.74. The molecule has 86 valence electrons. The van der Waals surface area contributed by atoms with Gasteiger partial charge in [-0.1, -0.05) is 22.9 Å². The third-order valence-electron chi connectivity index (χ3n) is 2.65. The van der Waals surface area contributed by atoms with Crippen molar-refractivity contribution in [3.05, 3.63) is 18.2 Å². The van der Waals surface area contributed by atoms with Gasteiger partial charge in [0.05, 0.1) is 0 Å². The first kappa shape index (κ1) is 12.7. The molecule has 0 aromatic carbocycles. The maximum Gasteiger partial charge on any atom is 0.109 e. The van der Waals surface area contributed by atoms with Gasteiger partial charge in [0, 0.05) is 43.8 Å². The van der Waals surface area contributed by atoms with Crippen molar-refractivity contribution >= 4 is 15.9 Å². The van der Waals surface area contributed by atoms with Gasteiger partial charge in [0.15, 0.2) is 0 Å². The predicted molar refractivity (Wildman–Crippen MR) is 67.4 cm³/mol. The highest BCUT2D eigenvalue weighted by molar-refractivity contribution is 9.09. The summed E-state index contributed by atoms with van der Waals surface area (Å²) in [6.07, 6.45) is 7.22. The van der Waals surface area contributed by atoms with E-state index in [9.17, 15) is 0 Å². The molecule has 0 fully saturated rings. The van der Waals surface area contributed by atoms with Crippen LogP contribution in [0.1, 0.15) is 25.6 Å². The fourth-order valence-corrected chi connectivity index (χ4v) is 2.16. The summed E-state index contributed by atoms with van der Waals surface area (Å²) in [7, 11) is 2.04. The topological polar surface area (TPSA) is 29.9 Å². The Balaban J connectivity index is 2.23. The number of aryl methyl sites for hydroxylation is 1. The standard InChI is InChI=1S/C11H20BrN3/c1-3-10(4-6-12)13-7-5-11-14-8-9-15(11)2/h8-10,13H,3-7H2,1-2H3. The molecular weight excluding hydrogens is 254 g/mol. The van der Waals surface area contributed by atoms with E-state index < -0.39 is 0 Å². The summed E-state index contributed by atoms with van der Waals surface area (Å²) in [4.78, 5) is 4.30. The van der Waals surface area contributed by atoms with Gasteiger partial charge in [0.1, 0.15) is 5.82 Å². The highest BCUT2D eigenvalue weighted by atomic mass is 79.9. The van der Waals surface area contributed by atoms with E-state index in [0.717, 1.165) is 24.1 Å². The smallest absolute Gasteiger partial charge is 0.109 e. The average molecular weight is 274 g/mol. The molecule has 1 heterocycles. The van der Waals surface area contributed by atoms with Crippen molar-refractivity contribution in [1.82, 2.24) is 14.9 Å². The molecule has 0 aliphatic carbocycles. The van der Waals surface area contributed by atoms with Gasteiger partial charge in [0.2, 0.25) is 0 Å². The minimum atomic E-state index is 0.629. The summed E-state index contributed by atoms with van der Waals surface area (Å²) >= 11 is 3.48. The third-order valence-corrected chi connectivity index (χ3v) is 3.11. The molecule has 1 unspecified atom stereocenters. The van der Waals surface area contributed by atoms with E-state index in [2.05, 4.69) is 37.7 Å². The zero-order valence-corrected chi connectivity index (χ0v) is 11.1. The molecule has 1 N–H and O–H groups in total. The molecule has 1 rings (SSSR count). The first-order valence-corrected chi connectivity index (χ1v) is 6.65. The minimum Gasteiger partial charge on any atom is -0.338 e. The van der Waals surface area contributed by atoms with Crippen LogP contribution in [0.15, 0.2) is 12.4 Å². The molecule has 0 saturated carbocycles. The fourth-order valence-electron chi connectivity index (χ4n) is 1.61. The zero-order chi connectivity index (χ0) is 11.1. The SMILES string of the molecule is CCC(CCBr)NCCc1nccn1C. The Morgan fingerprint density at radius 3 is 2.93 bits per heavy atom. The van der Waals surface area contributed by atoms with Crippen LogP contribution in [0.25, 0.3) is 0 Å². The number of alkyl halides is 1. The molecule has 1 atom stereocenters. The van der Waals surface area contributed by atoms with Crippen LogP contribution in [-0.2, 0) is 13.5 Å². The monoisotopic (exact) mass is 273 g/mol. The molecule has 0 amide bonds. The van der Waals surface area contributed by atoms with Gasteiger partial charge < -0.3 is 9.88 Å².